The van der Waals surface area contributed by atoms with Gasteiger partial charge in [0, 0.05) is 14.2 Å². The summed E-state index contributed by atoms with van der Waals surface area (Å²) in [5.74, 6) is -5.12. The Hall–Kier alpha value is -4.44. The van der Waals surface area contributed by atoms with Gasteiger partial charge in [0.2, 0.25) is 18.0 Å². The van der Waals surface area contributed by atoms with Crippen molar-refractivity contribution in [3.05, 3.63) is 108 Å². The summed E-state index contributed by atoms with van der Waals surface area (Å²) >= 11 is 0. The van der Waals surface area contributed by atoms with Crippen LogP contribution in [0.5, 0.6) is 0 Å². The molecule has 0 bridgehead atoms. The molecule has 0 heterocycles. The molecule has 0 aliphatic heterocycles. The molecule has 2 atom stereocenters. The van der Waals surface area contributed by atoms with Crippen molar-refractivity contribution < 1.29 is 51.8 Å². The van der Waals surface area contributed by atoms with Gasteiger partial charge in [0.15, 0.2) is 12.4 Å². The first-order valence-corrected chi connectivity index (χ1v) is 13.9. The lowest BCUT2D eigenvalue weighted by molar-refractivity contribution is -0.145. The standard InChI is InChI=1S/C29H27O11P/c1-36-41(35,37-2)19-24(31)26(40-29(34)22-16-10-5-11-17-22)25(39-28(33)21-14-8-4-9-15-21)23(30)18-38-27(32)20-12-6-3-7-13-20/h3-17,25-26H,18-19H2,1-2H3. The van der Waals surface area contributed by atoms with Crippen molar-refractivity contribution in [3.8, 4) is 0 Å². The van der Waals surface area contributed by atoms with E-state index in [4.69, 9.17) is 23.3 Å². The molecule has 2 unspecified atom stereocenters. The van der Waals surface area contributed by atoms with Gasteiger partial charge in [-0.25, -0.2) is 14.4 Å². The SMILES string of the molecule is COP(=O)(CC(=O)C(OC(=O)c1ccccc1)C(OC(=O)c1ccccc1)C(=O)COC(=O)c1ccccc1)OC. The highest BCUT2D eigenvalue weighted by Crippen LogP contribution is 2.46. The van der Waals surface area contributed by atoms with Crippen molar-refractivity contribution >= 4 is 37.1 Å². The lowest BCUT2D eigenvalue weighted by Gasteiger charge is -2.26. The average Bonchev–Trinajstić information content (AvgIpc) is 3.02. The van der Waals surface area contributed by atoms with Crippen molar-refractivity contribution in [3.63, 3.8) is 0 Å². The second-order valence-corrected chi connectivity index (χ2v) is 10.7. The highest BCUT2D eigenvalue weighted by Gasteiger charge is 2.43. The fraction of sp³-hybridized carbons (Fsp3) is 0.207. The van der Waals surface area contributed by atoms with Gasteiger partial charge in [-0.05, 0) is 36.4 Å². The quantitative estimate of drug-likeness (QED) is 0.155. The van der Waals surface area contributed by atoms with Gasteiger partial charge < -0.3 is 23.3 Å². The molecular formula is C29H27O11P. The molecule has 3 aromatic carbocycles. The highest BCUT2D eigenvalue weighted by molar-refractivity contribution is 7.54. The minimum Gasteiger partial charge on any atom is -0.454 e. The number of hydrogen-bond donors (Lipinski definition) is 0. The monoisotopic (exact) mass is 582 g/mol. The maximum absolute atomic E-state index is 13.4. The molecule has 0 amide bonds. The summed E-state index contributed by atoms with van der Waals surface area (Å²) in [6.45, 7) is -0.945. The number of ketones is 2. The molecule has 11 nitrogen and oxygen atoms in total. The number of carbonyl (C=O) groups excluding carboxylic acids is 5. The third kappa shape index (κ3) is 8.77. The molecule has 12 heteroatoms. The zero-order chi connectivity index (χ0) is 29.8. The Bertz CT molecular complexity index is 1400. The van der Waals surface area contributed by atoms with Crippen LogP contribution in [-0.4, -0.2) is 68.7 Å². The molecule has 0 fully saturated rings. The van der Waals surface area contributed by atoms with Gasteiger partial charge in [-0.2, -0.15) is 0 Å². The number of rotatable bonds is 14. The maximum Gasteiger partial charge on any atom is 0.338 e. The zero-order valence-corrected chi connectivity index (χ0v) is 23.1. The van der Waals surface area contributed by atoms with Gasteiger partial charge in [0.05, 0.1) is 16.7 Å². The number of hydrogen-bond acceptors (Lipinski definition) is 11. The molecule has 214 valence electrons. The van der Waals surface area contributed by atoms with E-state index in [2.05, 4.69) is 0 Å². The Morgan fingerprint density at radius 1 is 0.585 bits per heavy atom. The van der Waals surface area contributed by atoms with Crippen LogP contribution in [0.2, 0.25) is 0 Å². The van der Waals surface area contributed by atoms with E-state index in [0.717, 1.165) is 14.2 Å². The first-order valence-electron chi connectivity index (χ1n) is 12.2. The van der Waals surface area contributed by atoms with Crippen molar-refractivity contribution in [1.82, 2.24) is 0 Å². The predicted molar refractivity (Wildman–Crippen MR) is 145 cm³/mol. The minimum atomic E-state index is -4.02. The van der Waals surface area contributed by atoms with E-state index >= 15 is 0 Å². The zero-order valence-electron chi connectivity index (χ0n) is 22.2. The average molecular weight is 582 g/mol. The van der Waals surface area contributed by atoms with Gasteiger partial charge >= 0.3 is 25.5 Å². The molecule has 0 aromatic heterocycles. The minimum absolute atomic E-state index is 0.0167. The van der Waals surface area contributed by atoms with Crippen molar-refractivity contribution in [2.24, 2.45) is 0 Å². The summed E-state index contributed by atoms with van der Waals surface area (Å²) in [5.41, 5.74) is 0.178. The molecule has 0 radical (unpaired) electrons. The molecule has 3 rings (SSSR count). The van der Waals surface area contributed by atoms with Crippen LogP contribution in [0.3, 0.4) is 0 Å². The third-order valence-corrected chi connectivity index (χ3v) is 7.47. The first kappa shape index (κ1) is 31.1. The van der Waals surface area contributed by atoms with Crippen LogP contribution in [0.1, 0.15) is 31.1 Å². The second kappa shape index (κ2) is 14.8. The van der Waals surface area contributed by atoms with Crippen LogP contribution in [0, 0.1) is 0 Å². The molecule has 3 aromatic rings. The molecule has 0 saturated heterocycles. The van der Waals surface area contributed by atoms with E-state index in [0.29, 0.717) is 0 Å². The molecule has 0 N–H and O–H groups in total. The van der Waals surface area contributed by atoms with E-state index in [-0.39, 0.29) is 16.7 Å². The smallest absolute Gasteiger partial charge is 0.338 e. The molecule has 0 aliphatic carbocycles. The highest BCUT2D eigenvalue weighted by atomic mass is 31.2. The van der Waals surface area contributed by atoms with Gasteiger partial charge in [0.1, 0.15) is 6.16 Å². The van der Waals surface area contributed by atoms with E-state index in [1.807, 2.05) is 0 Å². The van der Waals surface area contributed by atoms with Crippen molar-refractivity contribution in [1.29, 1.82) is 0 Å². The number of benzene rings is 3. The molecular weight excluding hydrogens is 555 g/mol. The lowest BCUT2D eigenvalue weighted by Crippen LogP contribution is -2.48. The number of carbonyl (C=O) groups is 5. The Morgan fingerprint density at radius 3 is 1.34 bits per heavy atom. The topological polar surface area (TPSA) is 149 Å². The summed E-state index contributed by atoms with van der Waals surface area (Å²) in [6, 6.07) is 22.8. The predicted octanol–water partition coefficient (Wildman–Crippen LogP) is 3.92. The molecule has 0 aliphatic rings. The first-order chi connectivity index (χ1) is 19.7. The summed E-state index contributed by atoms with van der Waals surface area (Å²) in [7, 11) is -1.93. The number of Topliss-reactive ketones (excluding diaryl/α,β-unsaturated/α-hetero) is 2. The number of ether oxygens (including phenoxy) is 3. The van der Waals surface area contributed by atoms with Crippen LogP contribution >= 0.6 is 7.60 Å². The van der Waals surface area contributed by atoms with Crippen molar-refractivity contribution in [2.75, 3.05) is 27.0 Å². The molecule has 41 heavy (non-hydrogen) atoms. The summed E-state index contributed by atoms with van der Waals surface area (Å²) in [6.07, 6.45) is -5.12. The van der Waals surface area contributed by atoms with Gasteiger partial charge in [0.25, 0.3) is 0 Å². The Kier molecular flexibility index (Phi) is 11.2. The second-order valence-electron chi connectivity index (χ2n) is 8.39. The molecule has 0 saturated carbocycles. The normalized spacial score (nSPS) is 12.4. The Labute approximate surface area is 235 Å². The maximum atomic E-state index is 13.4. The van der Waals surface area contributed by atoms with Gasteiger partial charge in [-0.3, -0.25) is 14.2 Å². The molecule has 0 spiro atoms. The largest absolute Gasteiger partial charge is 0.454 e. The Morgan fingerprint density at radius 2 is 0.951 bits per heavy atom. The van der Waals surface area contributed by atoms with Crippen LogP contribution in [0.15, 0.2) is 91.0 Å². The van der Waals surface area contributed by atoms with Crippen LogP contribution < -0.4 is 0 Å². The van der Waals surface area contributed by atoms with E-state index in [1.165, 1.54) is 36.4 Å². The fourth-order valence-corrected chi connectivity index (χ4v) is 4.44. The fourth-order valence-electron chi connectivity index (χ4n) is 3.47. The van der Waals surface area contributed by atoms with Crippen molar-refractivity contribution in [2.45, 2.75) is 12.2 Å². The van der Waals surface area contributed by atoms with Crippen LogP contribution in [0.4, 0.5) is 0 Å². The van der Waals surface area contributed by atoms with Crippen LogP contribution in [0.25, 0.3) is 0 Å². The summed E-state index contributed by atoms with van der Waals surface area (Å²) in [5, 5.41) is 0. The van der Waals surface area contributed by atoms with Crippen LogP contribution in [-0.2, 0) is 37.4 Å². The van der Waals surface area contributed by atoms with E-state index < -0.39 is 62.0 Å². The third-order valence-electron chi connectivity index (χ3n) is 5.66. The Balaban J connectivity index is 1.96. The van der Waals surface area contributed by atoms with Gasteiger partial charge in [-0.1, -0.05) is 54.6 Å². The van der Waals surface area contributed by atoms with Gasteiger partial charge in [-0.15, -0.1) is 0 Å². The van der Waals surface area contributed by atoms with E-state index in [9.17, 15) is 28.5 Å². The lowest BCUT2D eigenvalue weighted by atomic mass is 10.1. The number of esters is 3. The van der Waals surface area contributed by atoms with E-state index in [1.54, 1.807) is 54.6 Å². The summed E-state index contributed by atoms with van der Waals surface area (Å²) in [4.78, 5) is 65.2. The summed E-state index contributed by atoms with van der Waals surface area (Å²) < 4.78 is 38.3.